The molecule has 2 nitrogen and oxygen atoms in total. The molecule has 0 aromatic heterocycles. The van der Waals surface area contributed by atoms with Crippen LogP contribution in [0.4, 0.5) is 0 Å². The first-order valence-electron chi connectivity index (χ1n) is 19.5. The second-order valence-electron chi connectivity index (χ2n) is 18.9. The van der Waals surface area contributed by atoms with E-state index < -0.39 is 0 Å². The van der Waals surface area contributed by atoms with Crippen molar-refractivity contribution in [2.75, 3.05) is 0 Å². The van der Waals surface area contributed by atoms with Crippen LogP contribution in [-0.4, -0.2) is 22.4 Å². The zero-order valence-corrected chi connectivity index (χ0v) is 30.5. The van der Waals surface area contributed by atoms with Gasteiger partial charge in [-0.3, -0.25) is 0 Å². The molecule has 0 amide bonds. The number of rotatable bonds is 2. The van der Waals surface area contributed by atoms with Gasteiger partial charge in [-0.15, -0.1) is 0 Å². The molecule has 0 aliphatic heterocycles. The third-order valence-electron chi connectivity index (χ3n) is 16.5. The van der Waals surface area contributed by atoms with Crippen molar-refractivity contribution in [1.82, 2.24) is 0 Å². The lowest BCUT2D eigenvalue weighted by atomic mass is 9.47. The van der Waals surface area contributed by atoms with Gasteiger partial charge in [0.25, 0.3) is 0 Å². The first-order valence-corrected chi connectivity index (χ1v) is 19.5. The number of hydrogen-bond acceptors (Lipinski definition) is 2. The molecule has 12 atom stereocenters. The second kappa shape index (κ2) is 11.6. The third-order valence-corrected chi connectivity index (χ3v) is 16.5. The summed E-state index contributed by atoms with van der Waals surface area (Å²) in [6.07, 6.45) is 26.8. The largest absolute Gasteiger partial charge is 0.393 e. The van der Waals surface area contributed by atoms with Gasteiger partial charge in [0.2, 0.25) is 0 Å². The highest BCUT2D eigenvalue weighted by atomic mass is 16.3. The summed E-state index contributed by atoms with van der Waals surface area (Å²) in [7, 11) is 0. The Morgan fingerprint density at radius 2 is 1.09 bits per heavy atom. The Morgan fingerprint density at radius 3 is 1.59 bits per heavy atom. The van der Waals surface area contributed by atoms with Gasteiger partial charge in [-0.05, 0) is 165 Å². The summed E-state index contributed by atoms with van der Waals surface area (Å²) in [6, 6.07) is 0. The van der Waals surface area contributed by atoms with E-state index in [0.717, 1.165) is 61.2 Å². The minimum Gasteiger partial charge on any atom is -0.393 e. The molecule has 0 spiro atoms. The first kappa shape index (κ1) is 33.1. The Morgan fingerprint density at radius 1 is 0.630 bits per heavy atom. The summed E-state index contributed by atoms with van der Waals surface area (Å²) < 4.78 is 0. The van der Waals surface area contributed by atoms with Crippen LogP contribution in [0.15, 0.2) is 58.7 Å². The zero-order valence-electron chi connectivity index (χ0n) is 30.5. The van der Waals surface area contributed by atoms with Crippen molar-refractivity contribution >= 4 is 0 Å². The molecule has 8 aliphatic carbocycles. The van der Waals surface area contributed by atoms with Gasteiger partial charge in [0.15, 0.2) is 0 Å². The molecule has 6 unspecified atom stereocenters. The zero-order chi connectivity index (χ0) is 32.8. The normalized spacial score (nSPS) is 48.9. The number of aliphatic hydroxyl groups excluding tert-OH is 2. The predicted octanol–water partition coefficient (Wildman–Crippen LogP) is 10.9. The van der Waals surface area contributed by atoms with Gasteiger partial charge in [-0.25, -0.2) is 0 Å². The third kappa shape index (κ3) is 4.91. The minimum absolute atomic E-state index is 0.0829. The van der Waals surface area contributed by atoms with Crippen LogP contribution in [0.2, 0.25) is 0 Å². The molecule has 254 valence electrons. The van der Waals surface area contributed by atoms with Crippen molar-refractivity contribution in [3.05, 3.63) is 58.7 Å². The molecule has 0 radical (unpaired) electrons. The maximum atomic E-state index is 10.1. The smallest absolute Gasteiger partial charge is 0.0577 e. The van der Waals surface area contributed by atoms with Crippen molar-refractivity contribution in [2.24, 2.45) is 63.1 Å². The average Bonchev–Trinajstić information content (AvgIpc) is 3.55. The van der Waals surface area contributed by atoms with E-state index in [0.29, 0.717) is 27.6 Å². The molecule has 4 saturated carbocycles. The molecule has 8 rings (SSSR count). The Balaban J connectivity index is 0.000000147. The van der Waals surface area contributed by atoms with E-state index in [1.165, 1.54) is 69.8 Å². The van der Waals surface area contributed by atoms with Crippen LogP contribution in [-0.2, 0) is 0 Å². The molecular weight excluding hydrogens is 560 g/mol. The summed E-state index contributed by atoms with van der Waals surface area (Å²) in [5, 5.41) is 20.2. The molecule has 0 saturated heterocycles. The van der Waals surface area contributed by atoms with E-state index in [9.17, 15) is 10.2 Å². The Hall–Kier alpha value is -1.38. The Bertz CT molecular complexity index is 1360. The van der Waals surface area contributed by atoms with Gasteiger partial charge in [-0.2, -0.15) is 0 Å². The summed E-state index contributed by atoms with van der Waals surface area (Å²) in [5.41, 5.74) is 9.32. The van der Waals surface area contributed by atoms with Gasteiger partial charge < -0.3 is 10.2 Å². The SMILES string of the molecule is C=C(C)C1=CCC2C3CC=C4C[C@@H](O)CC[C@]4(C)C3CC[C@]12C.CC(C)C1=CCC2C3CC=C4C[C@@H](O)CC[C@]4(C)C3CC[C@]12C. The minimum atomic E-state index is -0.0945. The molecule has 2 heteroatoms. The van der Waals surface area contributed by atoms with E-state index >= 15 is 0 Å². The summed E-state index contributed by atoms with van der Waals surface area (Å²) >= 11 is 0. The summed E-state index contributed by atoms with van der Waals surface area (Å²) in [6.45, 7) is 21.3. The van der Waals surface area contributed by atoms with Gasteiger partial charge >= 0.3 is 0 Å². The lowest BCUT2D eigenvalue weighted by molar-refractivity contribution is -0.0312. The predicted molar refractivity (Wildman–Crippen MR) is 192 cm³/mol. The number of hydrogen-bond donors (Lipinski definition) is 2. The second-order valence-corrected chi connectivity index (χ2v) is 18.9. The lowest BCUT2D eigenvalue weighted by Crippen LogP contribution is -2.50. The van der Waals surface area contributed by atoms with Crippen LogP contribution in [0.1, 0.15) is 138 Å². The van der Waals surface area contributed by atoms with Crippen LogP contribution in [0.3, 0.4) is 0 Å². The van der Waals surface area contributed by atoms with Gasteiger partial charge in [0.05, 0.1) is 12.2 Å². The molecule has 8 aliphatic rings. The van der Waals surface area contributed by atoms with Crippen LogP contribution in [0.5, 0.6) is 0 Å². The maximum Gasteiger partial charge on any atom is 0.0577 e. The highest BCUT2D eigenvalue weighted by Gasteiger charge is 2.58. The number of fused-ring (bicyclic) bond motifs is 10. The highest BCUT2D eigenvalue weighted by molar-refractivity contribution is 5.39. The molecule has 2 N–H and O–H groups in total. The molecule has 0 aromatic rings. The maximum absolute atomic E-state index is 10.1. The molecule has 4 fully saturated rings. The van der Waals surface area contributed by atoms with Crippen LogP contribution >= 0.6 is 0 Å². The van der Waals surface area contributed by atoms with Crippen LogP contribution < -0.4 is 0 Å². The fourth-order valence-electron chi connectivity index (χ4n) is 14.0. The fourth-order valence-corrected chi connectivity index (χ4v) is 14.0. The number of allylic oxidation sites excluding steroid dienone is 7. The van der Waals surface area contributed by atoms with Gasteiger partial charge in [-0.1, -0.05) is 94.7 Å². The van der Waals surface area contributed by atoms with E-state index in [1.807, 2.05) is 0 Å². The van der Waals surface area contributed by atoms with E-state index in [2.05, 4.69) is 79.3 Å². The van der Waals surface area contributed by atoms with Crippen LogP contribution in [0.25, 0.3) is 0 Å². The van der Waals surface area contributed by atoms with E-state index in [1.54, 1.807) is 22.3 Å². The molecule has 0 bridgehead atoms. The van der Waals surface area contributed by atoms with E-state index in [-0.39, 0.29) is 12.2 Å². The Labute approximate surface area is 282 Å². The quantitative estimate of drug-likeness (QED) is 0.299. The van der Waals surface area contributed by atoms with E-state index in [4.69, 9.17) is 0 Å². The number of aliphatic hydroxyl groups is 2. The topological polar surface area (TPSA) is 40.5 Å². The van der Waals surface area contributed by atoms with Crippen molar-refractivity contribution in [3.8, 4) is 0 Å². The lowest BCUT2D eigenvalue weighted by Gasteiger charge is -2.58. The van der Waals surface area contributed by atoms with Gasteiger partial charge in [0, 0.05) is 0 Å². The Kier molecular flexibility index (Phi) is 8.36. The van der Waals surface area contributed by atoms with Gasteiger partial charge in [0.1, 0.15) is 0 Å². The highest BCUT2D eigenvalue weighted by Crippen LogP contribution is 2.67. The fraction of sp³-hybridized carbons (Fsp3) is 0.773. The molecule has 46 heavy (non-hydrogen) atoms. The van der Waals surface area contributed by atoms with Crippen molar-refractivity contribution in [2.45, 2.75) is 151 Å². The van der Waals surface area contributed by atoms with Crippen molar-refractivity contribution in [3.63, 3.8) is 0 Å². The summed E-state index contributed by atoms with van der Waals surface area (Å²) in [5.74, 6) is 5.74. The first-order chi connectivity index (χ1) is 21.7. The molecule has 0 heterocycles. The standard InChI is InChI=1S/C22H34O.C22H32O/c2*1-14(2)18-7-8-19-17-6-5-15-13-16(23)9-11-21(15,3)20(17)10-12-22(18,19)4/h5,7,14,16-17,19-20,23H,6,8-13H2,1-4H3;5,7,16-17,19-20,23H,1,6,8-13H2,2-4H3/t2*16-,17?,19?,20?,21-,22+/m00/s1. The van der Waals surface area contributed by atoms with Crippen molar-refractivity contribution in [1.29, 1.82) is 0 Å². The molecular formula is C44H66O2. The molecule has 0 aromatic carbocycles. The van der Waals surface area contributed by atoms with Crippen LogP contribution in [0, 0.1) is 63.1 Å². The monoisotopic (exact) mass is 627 g/mol. The summed E-state index contributed by atoms with van der Waals surface area (Å²) in [4.78, 5) is 0. The van der Waals surface area contributed by atoms with Crippen molar-refractivity contribution < 1.29 is 10.2 Å². The average molecular weight is 627 g/mol.